The van der Waals surface area contributed by atoms with Crippen LogP contribution in [-0.2, 0) is 14.8 Å². The summed E-state index contributed by atoms with van der Waals surface area (Å²) in [4.78, 5) is 15.1. The number of piperidine rings is 1. The number of nitrogens with one attached hydrogen (secondary N) is 1. The molecule has 0 aliphatic carbocycles. The van der Waals surface area contributed by atoms with Crippen LogP contribution in [0.1, 0.15) is 33.1 Å². The highest BCUT2D eigenvalue weighted by atomic mass is 35.5. The van der Waals surface area contributed by atoms with E-state index in [1.807, 2.05) is 68.4 Å². The lowest BCUT2D eigenvalue weighted by molar-refractivity contribution is -0.117. The minimum absolute atomic E-state index is 0.0698. The summed E-state index contributed by atoms with van der Waals surface area (Å²) in [5.41, 5.74) is 0.113. The van der Waals surface area contributed by atoms with Gasteiger partial charge in [-0.1, -0.05) is 35.9 Å². The van der Waals surface area contributed by atoms with E-state index < -0.39 is 15.6 Å². The fourth-order valence-corrected chi connectivity index (χ4v) is 8.10. The van der Waals surface area contributed by atoms with Crippen LogP contribution in [0.15, 0.2) is 83.8 Å². The molecule has 206 valence electrons. The molecule has 2 heterocycles. The molecule has 7 nitrogen and oxygen atoms in total. The average Bonchev–Trinajstić information content (AvgIpc) is 3.18. The second-order valence-electron chi connectivity index (χ2n) is 11.2. The molecule has 0 unspecified atom stereocenters. The molecule has 39 heavy (non-hydrogen) atoms. The van der Waals surface area contributed by atoms with Crippen molar-refractivity contribution in [1.82, 2.24) is 9.21 Å². The van der Waals surface area contributed by atoms with Gasteiger partial charge in [-0.3, -0.25) is 9.69 Å². The van der Waals surface area contributed by atoms with Gasteiger partial charge in [-0.25, -0.2) is 8.42 Å². The highest BCUT2D eigenvalue weighted by molar-refractivity contribution is 7.89. The van der Waals surface area contributed by atoms with E-state index >= 15 is 0 Å². The minimum Gasteiger partial charge on any atom is -0.457 e. The molecule has 3 aromatic carbocycles. The number of hydrogen-bond acceptors (Lipinski definition) is 5. The first kappa shape index (κ1) is 27.6. The molecular formula is C30H34ClN3O4S. The summed E-state index contributed by atoms with van der Waals surface area (Å²) in [5.74, 6) is 1.39. The lowest BCUT2D eigenvalue weighted by Gasteiger charge is -2.39. The molecule has 2 aliphatic heterocycles. The van der Waals surface area contributed by atoms with Gasteiger partial charge in [0, 0.05) is 22.8 Å². The van der Waals surface area contributed by atoms with Crippen LogP contribution in [0, 0.1) is 5.41 Å². The van der Waals surface area contributed by atoms with Gasteiger partial charge in [0.15, 0.2) is 0 Å². The smallest absolute Gasteiger partial charge is 0.243 e. The number of ether oxygens (including phenoxy) is 1. The fraction of sp³-hybridized carbons (Fsp3) is 0.367. The fourth-order valence-electron chi connectivity index (χ4n) is 5.90. The van der Waals surface area contributed by atoms with Gasteiger partial charge < -0.3 is 10.1 Å². The average molecular weight is 568 g/mol. The Balaban J connectivity index is 1.15. The number of hydrogen-bond donors (Lipinski definition) is 1. The Morgan fingerprint density at radius 2 is 1.62 bits per heavy atom. The van der Waals surface area contributed by atoms with Gasteiger partial charge in [-0.05, 0) is 106 Å². The van der Waals surface area contributed by atoms with Crippen LogP contribution < -0.4 is 10.1 Å². The molecular weight excluding hydrogens is 534 g/mol. The first-order valence-electron chi connectivity index (χ1n) is 13.2. The Morgan fingerprint density at radius 3 is 2.28 bits per heavy atom. The van der Waals surface area contributed by atoms with E-state index in [9.17, 15) is 13.2 Å². The van der Waals surface area contributed by atoms with Crippen molar-refractivity contribution in [3.63, 3.8) is 0 Å². The van der Waals surface area contributed by atoms with Crippen molar-refractivity contribution in [2.24, 2.45) is 5.41 Å². The van der Waals surface area contributed by atoms with E-state index in [0.717, 1.165) is 38.1 Å². The van der Waals surface area contributed by atoms with Gasteiger partial charge in [-0.15, -0.1) is 0 Å². The molecule has 2 saturated heterocycles. The highest BCUT2D eigenvalue weighted by Gasteiger charge is 2.53. The van der Waals surface area contributed by atoms with Crippen molar-refractivity contribution >= 4 is 33.2 Å². The molecule has 0 aromatic heterocycles. The number of rotatable bonds is 7. The van der Waals surface area contributed by atoms with Crippen LogP contribution in [0.5, 0.6) is 11.5 Å². The number of amides is 1. The Bertz CT molecular complexity index is 1420. The summed E-state index contributed by atoms with van der Waals surface area (Å²) in [7, 11) is -3.67. The summed E-state index contributed by atoms with van der Waals surface area (Å²) < 4.78 is 34.5. The van der Waals surface area contributed by atoms with E-state index in [-0.39, 0.29) is 16.2 Å². The van der Waals surface area contributed by atoms with E-state index in [1.54, 1.807) is 22.5 Å². The van der Waals surface area contributed by atoms with E-state index in [1.165, 1.54) is 6.07 Å². The van der Waals surface area contributed by atoms with Gasteiger partial charge in [-0.2, -0.15) is 4.31 Å². The zero-order valence-electron chi connectivity index (χ0n) is 22.3. The van der Waals surface area contributed by atoms with Gasteiger partial charge in [0.05, 0.1) is 11.4 Å². The monoisotopic (exact) mass is 567 g/mol. The third-order valence-electron chi connectivity index (χ3n) is 7.75. The molecule has 3 aromatic rings. The SMILES string of the molecule is CC1(C)CC2(CCN(CC(=O)Nc3ccc(Oc4ccccc4)cc3)CC2)CN1S(=O)(=O)c1cccc(Cl)c1. The Morgan fingerprint density at radius 1 is 0.949 bits per heavy atom. The second kappa shape index (κ2) is 10.9. The van der Waals surface area contributed by atoms with Gasteiger partial charge in [0.25, 0.3) is 0 Å². The quantitative estimate of drug-likeness (QED) is 0.377. The molecule has 2 aliphatic rings. The van der Waals surface area contributed by atoms with Crippen molar-refractivity contribution in [3.05, 3.63) is 83.9 Å². The van der Waals surface area contributed by atoms with Crippen molar-refractivity contribution in [2.45, 2.75) is 43.5 Å². The van der Waals surface area contributed by atoms with E-state index in [4.69, 9.17) is 16.3 Å². The van der Waals surface area contributed by atoms with Crippen LogP contribution in [0.3, 0.4) is 0 Å². The number of halogens is 1. The zero-order valence-corrected chi connectivity index (χ0v) is 23.8. The molecule has 9 heteroatoms. The van der Waals surface area contributed by atoms with Crippen molar-refractivity contribution < 1.29 is 17.9 Å². The number of carbonyl (C=O) groups is 1. The van der Waals surface area contributed by atoms with E-state index in [2.05, 4.69) is 10.2 Å². The number of carbonyl (C=O) groups excluding carboxylic acids is 1. The summed E-state index contributed by atoms with van der Waals surface area (Å²) in [6, 6.07) is 23.3. The normalized spacial score (nSPS) is 19.2. The summed E-state index contributed by atoms with van der Waals surface area (Å²) >= 11 is 6.09. The van der Waals surface area contributed by atoms with Crippen LogP contribution in [0.2, 0.25) is 5.02 Å². The highest BCUT2D eigenvalue weighted by Crippen LogP contribution is 2.49. The maximum Gasteiger partial charge on any atom is 0.243 e. The summed E-state index contributed by atoms with van der Waals surface area (Å²) in [5, 5.41) is 3.38. The van der Waals surface area contributed by atoms with Crippen molar-refractivity contribution in [3.8, 4) is 11.5 Å². The summed E-state index contributed by atoms with van der Waals surface area (Å²) in [6.45, 7) is 6.27. The lowest BCUT2D eigenvalue weighted by Crippen LogP contribution is -2.45. The molecule has 2 fully saturated rings. The number of anilines is 1. The standard InChI is InChI=1S/C30H34ClN3O4S/c1-29(2)21-30(22-34(29)39(36,37)27-10-6-7-23(31)19-27)15-17-33(18-16-30)20-28(35)32-24-11-13-26(14-12-24)38-25-8-4-3-5-9-25/h3-14,19H,15-18,20-22H2,1-2H3,(H,32,35). The molecule has 1 N–H and O–H groups in total. The minimum atomic E-state index is -3.67. The molecule has 5 rings (SSSR count). The van der Waals surface area contributed by atoms with Crippen LogP contribution in [0.4, 0.5) is 5.69 Å². The summed E-state index contributed by atoms with van der Waals surface area (Å²) in [6.07, 6.45) is 2.48. The molecule has 0 saturated carbocycles. The van der Waals surface area contributed by atoms with Crippen LogP contribution in [-0.4, -0.2) is 55.2 Å². The number of likely N-dealkylation sites (tertiary alicyclic amines) is 1. The van der Waals surface area contributed by atoms with Gasteiger partial charge in [0.1, 0.15) is 11.5 Å². The number of sulfonamides is 1. The number of benzene rings is 3. The number of para-hydroxylation sites is 1. The van der Waals surface area contributed by atoms with Crippen molar-refractivity contribution in [2.75, 3.05) is 31.5 Å². The molecule has 1 spiro atoms. The maximum atomic E-state index is 13.5. The Labute approximate surface area is 235 Å². The van der Waals surface area contributed by atoms with E-state index in [0.29, 0.717) is 29.5 Å². The topological polar surface area (TPSA) is 79.0 Å². The van der Waals surface area contributed by atoms with Crippen LogP contribution >= 0.6 is 11.6 Å². The van der Waals surface area contributed by atoms with Crippen LogP contribution in [0.25, 0.3) is 0 Å². The van der Waals surface area contributed by atoms with Gasteiger partial charge in [0.2, 0.25) is 15.9 Å². The second-order valence-corrected chi connectivity index (χ2v) is 13.5. The van der Waals surface area contributed by atoms with Crippen molar-refractivity contribution in [1.29, 1.82) is 0 Å². The predicted octanol–water partition coefficient (Wildman–Crippen LogP) is 6.03. The molecule has 0 atom stereocenters. The zero-order chi connectivity index (χ0) is 27.7. The Hall–Kier alpha value is -2.91. The Kier molecular flexibility index (Phi) is 7.75. The number of nitrogens with zero attached hydrogens (tertiary/aromatic N) is 2. The first-order valence-corrected chi connectivity index (χ1v) is 15.0. The van der Waals surface area contributed by atoms with Gasteiger partial charge >= 0.3 is 0 Å². The predicted molar refractivity (Wildman–Crippen MR) is 154 cm³/mol. The molecule has 0 bridgehead atoms. The third kappa shape index (κ3) is 6.30. The maximum absolute atomic E-state index is 13.5. The first-order chi connectivity index (χ1) is 18.5. The third-order valence-corrected chi connectivity index (χ3v) is 10.0. The lowest BCUT2D eigenvalue weighted by atomic mass is 9.74. The molecule has 0 radical (unpaired) electrons. The molecule has 1 amide bonds. The largest absolute Gasteiger partial charge is 0.457 e.